The fourth-order valence-electron chi connectivity index (χ4n) is 2.57. The van der Waals surface area contributed by atoms with Crippen LogP contribution in [0.15, 0.2) is 22.7 Å². The van der Waals surface area contributed by atoms with Crippen LogP contribution >= 0.6 is 15.9 Å². The van der Waals surface area contributed by atoms with Crippen LogP contribution in [0, 0.1) is 5.41 Å². The number of nitrogens with zero attached hydrogens (tertiary/aromatic N) is 1. The predicted molar refractivity (Wildman–Crippen MR) is 74.5 cm³/mol. The molecule has 2 saturated heterocycles. The molecule has 0 radical (unpaired) electrons. The Morgan fingerprint density at radius 2 is 2.21 bits per heavy atom. The fourth-order valence-corrected chi connectivity index (χ4v) is 2.93. The number of benzene rings is 1. The first-order chi connectivity index (χ1) is 9.13. The summed E-state index contributed by atoms with van der Waals surface area (Å²) in [6.07, 6.45) is 0. The summed E-state index contributed by atoms with van der Waals surface area (Å²) in [5.41, 5.74) is 0.940. The number of amides is 1. The van der Waals surface area contributed by atoms with E-state index in [0.29, 0.717) is 12.2 Å². The molecule has 3 rings (SSSR count). The fraction of sp³-hybridized carbons (Fsp3) is 0.500. The highest BCUT2D eigenvalue weighted by molar-refractivity contribution is 9.10. The summed E-state index contributed by atoms with van der Waals surface area (Å²) in [5.74, 6) is 0.793. The van der Waals surface area contributed by atoms with E-state index >= 15 is 0 Å². The van der Waals surface area contributed by atoms with Crippen molar-refractivity contribution in [2.45, 2.75) is 6.92 Å². The van der Waals surface area contributed by atoms with Crippen molar-refractivity contribution in [1.82, 2.24) is 4.90 Å². The van der Waals surface area contributed by atoms with Crippen molar-refractivity contribution in [3.63, 3.8) is 0 Å². The summed E-state index contributed by atoms with van der Waals surface area (Å²) in [5, 5.41) is 0. The molecule has 2 heterocycles. The molecule has 0 saturated carbocycles. The van der Waals surface area contributed by atoms with E-state index in [1.807, 2.05) is 24.0 Å². The summed E-state index contributed by atoms with van der Waals surface area (Å²) in [7, 11) is 0. The van der Waals surface area contributed by atoms with Crippen molar-refractivity contribution in [2.24, 2.45) is 5.41 Å². The Bertz CT molecular complexity index is 505. The van der Waals surface area contributed by atoms with E-state index in [1.165, 1.54) is 0 Å². The van der Waals surface area contributed by atoms with Crippen LogP contribution < -0.4 is 4.74 Å². The van der Waals surface area contributed by atoms with Gasteiger partial charge in [-0.05, 0) is 41.1 Å². The summed E-state index contributed by atoms with van der Waals surface area (Å²) >= 11 is 3.42. The van der Waals surface area contributed by atoms with Gasteiger partial charge >= 0.3 is 0 Å². The van der Waals surface area contributed by atoms with E-state index in [0.717, 1.165) is 36.5 Å². The van der Waals surface area contributed by atoms with Crippen molar-refractivity contribution in [3.8, 4) is 5.75 Å². The number of hydrogen-bond donors (Lipinski definition) is 0. The second kappa shape index (κ2) is 4.80. The number of carbonyl (C=O) groups is 1. The maximum Gasteiger partial charge on any atom is 0.254 e. The number of ether oxygens (including phenoxy) is 2. The van der Waals surface area contributed by atoms with Crippen molar-refractivity contribution in [2.75, 3.05) is 32.9 Å². The molecule has 102 valence electrons. The monoisotopic (exact) mass is 325 g/mol. The van der Waals surface area contributed by atoms with E-state index in [2.05, 4.69) is 15.9 Å². The van der Waals surface area contributed by atoms with Crippen LogP contribution in [0.2, 0.25) is 0 Å². The highest BCUT2D eigenvalue weighted by Crippen LogP contribution is 2.38. The molecular formula is C14H16BrNO3. The van der Waals surface area contributed by atoms with E-state index in [9.17, 15) is 4.79 Å². The topological polar surface area (TPSA) is 38.8 Å². The molecule has 0 aromatic heterocycles. The molecule has 2 aliphatic heterocycles. The number of likely N-dealkylation sites (tertiary alicyclic amines) is 1. The molecule has 0 bridgehead atoms. The molecule has 2 fully saturated rings. The van der Waals surface area contributed by atoms with Gasteiger partial charge in [-0.25, -0.2) is 0 Å². The van der Waals surface area contributed by atoms with Gasteiger partial charge in [0.05, 0.1) is 29.7 Å². The first-order valence-corrected chi connectivity index (χ1v) is 7.22. The van der Waals surface area contributed by atoms with E-state index in [1.54, 1.807) is 6.07 Å². The average Bonchev–Trinajstić information content (AvgIpc) is 2.28. The SMILES string of the molecule is CCOc1cc(C(=O)N2CC3(COC3)C2)ccc1Br. The van der Waals surface area contributed by atoms with Crippen LogP contribution in [0.4, 0.5) is 0 Å². The second-order valence-electron chi connectivity index (χ2n) is 5.23. The van der Waals surface area contributed by atoms with Crippen molar-refractivity contribution >= 4 is 21.8 Å². The Labute approximate surface area is 120 Å². The molecule has 19 heavy (non-hydrogen) atoms. The van der Waals surface area contributed by atoms with Crippen molar-refractivity contribution in [3.05, 3.63) is 28.2 Å². The van der Waals surface area contributed by atoms with E-state index in [-0.39, 0.29) is 11.3 Å². The summed E-state index contributed by atoms with van der Waals surface area (Å²) in [4.78, 5) is 14.2. The average molecular weight is 326 g/mol. The summed E-state index contributed by atoms with van der Waals surface area (Å²) in [6, 6.07) is 5.50. The van der Waals surface area contributed by atoms with Gasteiger partial charge in [0.25, 0.3) is 5.91 Å². The zero-order valence-electron chi connectivity index (χ0n) is 10.8. The zero-order chi connectivity index (χ0) is 13.5. The van der Waals surface area contributed by atoms with Crippen LogP contribution in [0.1, 0.15) is 17.3 Å². The lowest BCUT2D eigenvalue weighted by Crippen LogP contribution is -2.67. The molecule has 1 aromatic rings. The Kier molecular flexibility index (Phi) is 3.27. The van der Waals surface area contributed by atoms with Gasteiger partial charge < -0.3 is 14.4 Å². The molecule has 5 heteroatoms. The predicted octanol–water partition coefficient (Wildman–Crippen LogP) is 2.32. The third-order valence-corrected chi connectivity index (χ3v) is 4.29. The zero-order valence-corrected chi connectivity index (χ0v) is 12.4. The Balaban J connectivity index is 1.71. The first-order valence-electron chi connectivity index (χ1n) is 6.43. The third-order valence-electron chi connectivity index (χ3n) is 3.63. The van der Waals surface area contributed by atoms with Crippen molar-refractivity contribution < 1.29 is 14.3 Å². The minimum Gasteiger partial charge on any atom is -0.493 e. The van der Waals surface area contributed by atoms with Crippen LogP contribution in [0.3, 0.4) is 0 Å². The van der Waals surface area contributed by atoms with E-state index in [4.69, 9.17) is 9.47 Å². The Morgan fingerprint density at radius 3 is 2.79 bits per heavy atom. The number of hydrogen-bond acceptors (Lipinski definition) is 3. The van der Waals surface area contributed by atoms with E-state index < -0.39 is 0 Å². The van der Waals surface area contributed by atoms with Gasteiger partial charge in [-0.2, -0.15) is 0 Å². The lowest BCUT2D eigenvalue weighted by molar-refractivity contribution is -0.176. The molecule has 0 N–H and O–H groups in total. The van der Waals surface area contributed by atoms with Gasteiger partial charge in [0.15, 0.2) is 0 Å². The van der Waals surface area contributed by atoms with Crippen LogP contribution in [0.25, 0.3) is 0 Å². The highest BCUT2D eigenvalue weighted by Gasteiger charge is 2.50. The van der Waals surface area contributed by atoms with Gasteiger partial charge in [0.1, 0.15) is 5.75 Å². The largest absolute Gasteiger partial charge is 0.493 e. The summed E-state index contributed by atoms with van der Waals surface area (Å²) in [6.45, 7) is 5.72. The molecule has 1 aromatic carbocycles. The van der Waals surface area contributed by atoms with Gasteiger partial charge in [0, 0.05) is 18.7 Å². The molecule has 1 spiro atoms. The standard InChI is InChI=1S/C14H16BrNO3/c1-2-19-12-5-10(3-4-11(12)15)13(17)16-6-14(7-16)8-18-9-14/h3-5H,2,6-9H2,1H3. The minimum absolute atomic E-state index is 0.0750. The lowest BCUT2D eigenvalue weighted by atomic mass is 9.78. The highest BCUT2D eigenvalue weighted by atomic mass is 79.9. The maximum atomic E-state index is 12.3. The normalized spacial score (nSPS) is 19.8. The lowest BCUT2D eigenvalue weighted by Gasteiger charge is -2.54. The van der Waals surface area contributed by atoms with Crippen LogP contribution in [0.5, 0.6) is 5.75 Å². The molecular weight excluding hydrogens is 310 g/mol. The van der Waals surface area contributed by atoms with Crippen molar-refractivity contribution in [1.29, 1.82) is 0 Å². The second-order valence-corrected chi connectivity index (χ2v) is 6.09. The molecule has 0 aliphatic carbocycles. The number of halogens is 1. The van der Waals surface area contributed by atoms with Gasteiger partial charge in [-0.1, -0.05) is 0 Å². The maximum absolute atomic E-state index is 12.3. The minimum atomic E-state index is 0.0750. The summed E-state index contributed by atoms with van der Waals surface area (Å²) < 4.78 is 11.6. The molecule has 0 atom stereocenters. The molecule has 0 unspecified atom stereocenters. The molecule has 2 aliphatic rings. The van der Waals surface area contributed by atoms with Gasteiger partial charge in [0.2, 0.25) is 0 Å². The Morgan fingerprint density at radius 1 is 1.47 bits per heavy atom. The molecule has 4 nitrogen and oxygen atoms in total. The van der Waals surface area contributed by atoms with Crippen LogP contribution in [-0.4, -0.2) is 43.7 Å². The quantitative estimate of drug-likeness (QED) is 0.856. The molecule has 1 amide bonds. The first kappa shape index (κ1) is 12.9. The smallest absolute Gasteiger partial charge is 0.254 e. The number of carbonyl (C=O) groups excluding carboxylic acids is 1. The Hall–Kier alpha value is -1.07. The third kappa shape index (κ3) is 2.25. The van der Waals surface area contributed by atoms with Gasteiger partial charge in [-0.15, -0.1) is 0 Å². The van der Waals surface area contributed by atoms with Crippen LogP contribution in [-0.2, 0) is 4.74 Å². The number of rotatable bonds is 3. The van der Waals surface area contributed by atoms with Gasteiger partial charge in [-0.3, -0.25) is 4.79 Å².